The molecule has 0 aliphatic carbocycles. The molecule has 3 nitrogen and oxygen atoms in total. The van der Waals surface area contributed by atoms with Gasteiger partial charge in [-0.25, -0.2) is 0 Å². The fourth-order valence-electron chi connectivity index (χ4n) is 1.77. The molecule has 0 spiro atoms. The molecule has 0 unspecified atom stereocenters. The Balaban J connectivity index is 2.23. The normalized spacial score (nSPS) is 17.7. The highest BCUT2D eigenvalue weighted by atomic mass is 35.5. The lowest BCUT2D eigenvalue weighted by atomic mass is 9.89. The molecule has 15 heavy (non-hydrogen) atoms. The van der Waals surface area contributed by atoms with Crippen molar-refractivity contribution in [1.82, 2.24) is 5.32 Å². The first kappa shape index (κ1) is 10.2. The largest absolute Gasteiger partial charge is 0.296 e. The van der Waals surface area contributed by atoms with Gasteiger partial charge in [-0.3, -0.25) is 14.9 Å². The molecule has 2 rings (SSSR count). The van der Waals surface area contributed by atoms with Crippen LogP contribution in [0.3, 0.4) is 0 Å². The van der Waals surface area contributed by atoms with E-state index >= 15 is 0 Å². The highest BCUT2D eigenvalue weighted by Crippen LogP contribution is 2.27. The van der Waals surface area contributed by atoms with E-state index in [9.17, 15) is 9.59 Å². The van der Waals surface area contributed by atoms with E-state index in [2.05, 4.69) is 5.32 Å². The van der Waals surface area contributed by atoms with Crippen molar-refractivity contribution in [2.75, 3.05) is 0 Å². The Morgan fingerprint density at radius 2 is 1.87 bits per heavy atom. The minimum atomic E-state index is -0.212. The lowest BCUT2D eigenvalue weighted by Crippen LogP contribution is -2.37. The smallest absolute Gasteiger partial charge is 0.227 e. The molecule has 0 saturated carbocycles. The average Bonchev–Trinajstić information content (AvgIpc) is 2.16. The van der Waals surface area contributed by atoms with Crippen LogP contribution in [0.1, 0.15) is 24.3 Å². The molecular weight excluding hydrogens is 214 g/mol. The summed E-state index contributed by atoms with van der Waals surface area (Å²) >= 11 is 5.85. The minimum Gasteiger partial charge on any atom is -0.296 e. The van der Waals surface area contributed by atoms with Gasteiger partial charge in [0.05, 0.1) is 0 Å². The Morgan fingerprint density at radius 3 is 2.47 bits per heavy atom. The molecule has 0 radical (unpaired) electrons. The van der Waals surface area contributed by atoms with Crippen LogP contribution in [-0.4, -0.2) is 11.8 Å². The third-order valence-electron chi connectivity index (χ3n) is 2.46. The summed E-state index contributed by atoms with van der Waals surface area (Å²) in [6, 6.07) is 7.30. The quantitative estimate of drug-likeness (QED) is 0.739. The van der Waals surface area contributed by atoms with Crippen LogP contribution >= 0.6 is 11.6 Å². The van der Waals surface area contributed by atoms with Gasteiger partial charge in [0.15, 0.2) is 0 Å². The van der Waals surface area contributed by atoms with Crippen LogP contribution in [0.25, 0.3) is 0 Å². The Labute approximate surface area is 92.4 Å². The molecule has 4 heteroatoms. The molecule has 1 aromatic carbocycles. The molecule has 78 valence electrons. The first-order valence-electron chi connectivity index (χ1n) is 4.73. The summed E-state index contributed by atoms with van der Waals surface area (Å²) in [7, 11) is 0. The Hall–Kier alpha value is -1.35. The molecular formula is C11H10ClNO2. The van der Waals surface area contributed by atoms with Crippen molar-refractivity contribution in [2.45, 2.75) is 18.8 Å². The van der Waals surface area contributed by atoms with Gasteiger partial charge >= 0.3 is 0 Å². The van der Waals surface area contributed by atoms with Crippen molar-refractivity contribution in [3.8, 4) is 0 Å². The van der Waals surface area contributed by atoms with Gasteiger partial charge in [0.2, 0.25) is 11.8 Å². The highest BCUT2D eigenvalue weighted by molar-refractivity contribution is 6.30. The van der Waals surface area contributed by atoms with E-state index in [1.165, 1.54) is 0 Å². The van der Waals surface area contributed by atoms with Crippen molar-refractivity contribution in [2.24, 2.45) is 0 Å². The van der Waals surface area contributed by atoms with E-state index in [4.69, 9.17) is 11.6 Å². The van der Waals surface area contributed by atoms with Crippen LogP contribution in [0.5, 0.6) is 0 Å². The summed E-state index contributed by atoms with van der Waals surface area (Å²) in [6.07, 6.45) is 0.707. The van der Waals surface area contributed by atoms with E-state index in [1.807, 2.05) is 12.1 Å². The van der Waals surface area contributed by atoms with E-state index in [1.54, 1.807) is 12.1 Å². The summed E-state index contributed by atoms with van der Waals surface area (Å²) in [5.74, 6) is -0.461. The zero-order valence-corrected chi connectivity index (χ0v) is 8.75. The third-order valence-corrected chi connectivity index (χ3v) is 2.70. The molecule has 1 saturated heterocycles. The summed E-state index contributed by atoms with van der Waals surface area (Å²) in [5, 5.41) is 2.91. The number of nitrogens with one attached hydrogen (secondary N) is 1. The fourth-order valence-corrected chi connectivity index (χ4v) is 1.97. The molecule has 2 amide bonds. The maximum Gasteiger partial charge on any atom is 0.227 e. The average molecular weight is 224 g/mol. The van der Waals surface area contributed by atoms with Gasteiger partial charge in [0.1, 0.15) is 0 Å². The topological polar surface area (TPSA) is 46.2 Å². The predicted octanol–water partition coefficient (Wildman–Crippen LogP) is 1.86. The molecule has 1 aromatic rings. The maximum absolute atomic E-state index is 11.2. The monoisotopic (exact) mass is 223 g/mol. The number of carbonyl (C=O) groups excluding carboxylic acids is 2. The molecule has 0 aromatic heterocycles. The van der Waals surface area contributed by atoms with E-state index < -0.39 is 0 Å². The van der Waals surface area contributed by atoms with Crippen molar-refractivity contribution < 1.29 is 9.59 Å². The lowest BCUT2D eigenvalue weighted by molar-refractivity contribution is -0.133. The molecule has 0 atom stereocenters. The van der Waals surface area contributed by atoms with Gasteiger partial charge in [0, 0.05) is 23.8 Å². The first-order chi connectivity index (χ1) is 7.15. The van der Waals surface area contributed by atoms with Crippen LogP contribution in [0, 0.1) is 0 Å². The summed E-state index contributed by atoms with van der Waals surface area (Å²) in [6.45, 7) is 0. The second-order valence-corrected chi connectivity index (χ2v) is 4.07. The molecule has 0 bridgehead atoms. The summed E-state index contributed by atoms with van der Waals surface area (Å²) in [4.78, 5) is 22.4. The number of rotatable bonds is 1. The van der Waals surface area contributed by atoms with Crippen molar-refractivity contribution >= 4 is 23.4 Å². The fraction of sp³-hybridized carbons (Fsp3) is 0.273. The Morgan fingerprint density at radius 1 is 1.20 bits per heavy atom. The third kappa shape index (κ3) is 2.36. The second-order valence-electron chi connectivity index (χ2n) is 3.63. The molecule has 1 heterocycles. The van der Waals surface area contributed by atoms with E-state index in [0.717, 1.165) is 5.56 Å². The number of piperidine rings is 1. The summed E-state index contributed by atoms with van der Waals surface area (Å²) < 4.78 is 0. The van der Waals surface area contributed by atoms with Gasteiger partial charge in [-0.05, 0) is 17.7 Å². The zero-order chi connectivity index (χ0) is 10.8. The number of benzene rings is 1. The number of imide groups is 1. The van der Waals surface area contributed by atoms with Crippen molar-refractivity contribution in [3.05, 3.63) is 34.9 Å². The van der Waals surface area contributed by atoms with Crippen LogP contribution in [-0.2, 0) is 9.59 Å². The second kappa shape index (κ2) is 4.03. The van der Waals surface area contributed by atoms with Gasteiger partial charge in [-0.15, -0.1) is 0 Å². The van der Waals surface area contributed by atoms with Gasteiger partial charge in [-0.1, -0.05) is 23.7 Å². The van der Waals surface area contributed by atoms with Gasteiger partial charge < -0.3 is 0 Å². The Bertz CT molecular complexity index is 401. The maximum atomic E-state index is 11.2. The highest BCUT2D eigenvalue weighted by Gasteiger charge is 2.25. The number of hydrogen-bond acceptors (Lipinski definition) is 2. The van der Waals surface area contributed by atoms with E-state index in [-0.39, 0.29) is 17.7 Å². The van der Waals surface area contributed by atoms with Gasteiger partial charge in [0.25, 0.3) is 0 Å². The number of hydrogen-bond donors (Lipinski definition) is 1. The zero-order valence-electron chi connectivity index (χ0n) is 8.00. The first-order valence-corrected chi connectivity index (χ1v) is 5.11. The molecule has 1 aliphatic heterocycles. The van der Waals surface area contributed by atoms with Crippen molar-refractivity contribution in [3.63, 3.8) is 0 Å². The van der Waals surface area contributed by atoms with Crippen LogP contribution in [0.4, 0.5) is 0 Å². The van der Waals surface area contributed by atoms with Crippen LogP contribution in [0.2, 0.25) is 5.02 Å². The number of halogens is 1. The molecule has 1 fully saturated rings. The van der Waals surface area contributed by atoms with Crippen LogP contribution in [0.15, 0.2) is 24.3 Å². The van der Waals surface area contributed by atoms with Crippen molar-refractivity contribution in [1.29, 1.82) is 0 Å². The van der Waals surface area contributed by atoms with E-state index in [0.29, 0.717) is 17.9 Å². The Kier molecular flexibility index (Phi) is 2.73. The van der Waals surface area contributed by atoms with Crippen LogP contribution < -0.4 is 5.32 Å². The van der Waals surface area contributed by atoms with Gasteiger partial charge in [-0.2, -0.15) is 0 Å². The molecule has 1 aliphatic rings. The minimum absolute atomic E-state index is 0.0371. The molecule has 1 N–H and O–H groups in total. The predicted molar refractivity (Wildman–Crippen MR) is 56.6 cm³/mol. The summed E-state index contributed by atoms with van der Waals surface area (Å²) in [5.41, 5.74) is 0.950. The number of amides is 2. The standard InChI is InChI=1S/C11H10ClNO2/c12-9-3-1-2-7(4-9)8-5-10(14)13-11(15)6-8/h1-4,8H,5-6H2,(H,13,14,15). The number of carbonyl (C=O) groups is 2. The lowest BCUT2D eigenvalue weighted by Gasteiger charge is -2.21. The SMILES string of the molecule is O=C1CC(c2cccc(Cl)c2)CC(=O)N1.